The molecular weight excluding hydrogens is 178 g/mol. The van der Waals surface area contributed by atoms with Crippen molar-refractivity contribution in [1.82, 2.24) is 5.32 Å². The molecule has 0 spiro atoms. The van der Waals surface area contributed by atoms with E-state index in [9.17, 15) is 4.79 Å². The molecular formula is C11H19NO2. The Morgan fingerprint density at radius 2 is 2.21 bits per heavy atom. The average molecular weight is 197 g/mol. The van der Waals surface area contributed by atoms with E-state index in [2.05, 4.69) is 5.32 Å². The van der Waals surface area contributed by atoms with Crippen LogP contribution in [0.15, 0.2) is 0 Å². The van der Waals surface area contributed by atoms with Gasteiger partial charge in [0, 0.05) is 6.04 Å². The topological polar surface area (TPSA) is 38.3 Å². The van der Waals surface area contributed by atoms with Crippen molar-refractivity contribution in [2.75, 3.05) is 6.61 Å². The Kier molecular flexibility index (Phi) is 3.06. The van der Waals surface area contributed by atoms with Crippen LogP contribution in [0, 0.1) is 5.92 Å². The molecule has 0 radical (unpaired) electrons. The first kappa shape index (κ1) is 9.97. The largest absolute Gasteiger partial charge is 0.465 e. The molecule has 1 saturated carbocycles. The van der Waals surface area contributed by atoms with Crippen molar-refractivity contribution >= 4 is 5.97 Å². The lowest BCUT2D eigenvalue weighted by molar-refractivity contribution is -0.145. The van der Waals surface area contributed by atoms with Gasteiger partial charge in [-0.05, 0) is 32.1 Å². The molecule has 0 bridgehead atoms. The summed E-state index contributed by atoms with van der Waals surface area (Å²) in [6.07, 6.45) is 6.15. The highest BCUT2D eigenvalue weighted by Gasteiger charge is 2.38. The summed E-state index contributed by atoms with van der Waals surface area (Å²) in [4.78, 5) is 11.5. The predicted molar refractivity (Wildman–Crippen MR) is 53.9 cm³/mol. The first-order valence-corrected chi connectivity index (χ1v) is 5.74. The van der Waals surface area contributed by atoms with Crippen molar-refractivity contribution < 1.29 is 9.53 Å². The summed E-state index contributed by atoms with van der Waals surface area (Å²) in [5.41, 5.74) is 0. The number of fused-ring (bicyclic) bond motifs is 1. The first-order valence-electron chi connectivity index (χ1n) is 5.74. The van der Waals surface area contributed by atoms with E-state index < -0.39 is 0 Å². The van der Waals surface area contributed by atoms with E-state index in [1.54, 1.807) is 0 Å². The van der Waals surface area contributed by atoms with Gasteiger partial charge in [0.2, 0.25) is 0 Å². The lowest BCUT2D eigenvalue weighted by Crippen LogP contribution is -2.38. The summed E-state index contributed by atoms with van der Waals surface area (Å²) < 4.78 is 5.03. The summed E-state index contributed by atoms with van der Waals surface area (Å²) in [5.74, 6) is 0.667. The standard InChI is InChI=1S/C11H19NO2/c1-2-14-11(13)10-7-8-5-3-4-6-9(8)12-10/h8-10,12H,2-7H2,1H3/t8?,9?,10-/m1/s1. The van der Waals surface area contributed by atoms with Crippen LogP contribution in [0.4, 0.5) is 0 Å². The molecule has 3 atom stereocenters. The molecule has 1 saturated heterocycles. The molecule has 1 aliphatic carbocycles. The Labute approximate surface area is 85.2 Å². The molecule has 0 aromatic rings. The van der Waals surface area contributed by atoms with Crippen molar-refractivity contribution in [2.24, 2.45) is 5.92 Å². The Hall–Kier alpha value is -0.570. The second-order valence-corrected chi connectivity index (χ2v) is 4.36. The Morgan fingerprint density at radius 3 is 2.93 bits per heavy atom. The van der Waals surface area contributed by atoms with Crippen LogP contribution in [0.25, 0.3) is 0 Å². The fourth-order valence-electron chi connectivity index (χ4n) is 2.75. The quantitative estimate of drug-likeness (QED) is 0.681. The monoisotopic (exact) mass is 197 g/mol. The molecule has 1 heterocycles. The third-order valence-electron chi connectivity index (χ3n) is 3.43. The lowest BCUT2D eigenvalue weighted by Gasteiger charge is -2.24. The van der Waals surface area contributed by atoms with Crippen LogP contribution in [0.2, 0.25) is 0 Å². The summed E-state index contributed by atoms with van der Waals surface area (Å²) in [6, 6.07) is 0.557. The Morgan fingerprint density at radius 1 is 1.43 bits per heavy atom. The Bertz CT molecular complexity index is 203. The van der Waals surface area contributed by atoms with Gasteiger partial charge in [-0.25, -0.2) is 0 Å². The highest BCUT2D eigenvalue weighted by atomic mass is 16.5. The second kappa shape index (κ2) is 4.30. The first-order chi connectivity index (χ1) is 6.81. The maximum Gasteiger partial charge on any atom is 0.323 e. The van der Waals surface area contributed by atoms with Gasteiger partial charge in [0.25, 0.3) is 0 Å². The van der Waals surface area contributed by atoms with E-state index in [1.165, 1.54) is 25.7 Å². The number of ether oxygens (including phenoxy) is 1. The van der Waals surface area contributed by atoms with Crippen molar-refractivity contribution in [3.63, 3.8) is 0 Å². The van der Waals surface area contributed by atoms with E-state index in [1.807, 2.05) is 6.92 Å². The molecule has 0 amide bonds. The van der Waals surface area contributed by atoms with Crippen molar-refractivity contribution in [1.29, 1.82) is 0 Å². The van der Waals surface area contributed by atoms with Gasteiger partial charge in [0.15, 0.2) is 0 Å². The van der Waals surface area contributed by atoms with Crippen LogP contribution in [-0.2, 0) is 9.53 Å². The number of hydrogen-bond donors (Lipinski definition) is 1. The predicted octanol–water partition coefficient (Wildman–Crippen LogP) is 1.47. The number of esters is 1. The van der Waals surface area contributed by atoms with E-state index in [-0.39, 0.29) is 12.0 Å². The van der Waals surface area contributed by atoms with Crippen LogP contribution in [0.3, 0.4) is 0 Å². The summed E-state index contributed by atoms with van der Waals surface area (Å²) in [6.45, 7) is 2.35. The van der Waals surface area contributed by atoms with E-state index in [4.69, 9.17) is 4.74 Å². The molecule has 3 heteroatoms. The summed E-state index contributed by atoms with van der Waals surface area (Å²) in [7, 11) is 0. The second-order valence-electron chi connectivity index (χ2n) is 4.36. The number of carbonyl (C=O) groups excluding carboxylic acids is 1. The van der Waals surface area contributed by atoms with Crippen LogP contribution >= 0.6 is 0 Å². The van der Waals surface area contributed by atoms with Crippen molar-refractivity contribution in [3.8, 4) is 0 Å². The molecule has 14 heavy (non-hydrogen) atoms. The van der Waals surface area contributed by atoms with Crippen LogP contribution in [-0.4, -0.2) is 24.7 Å². The van der Waals surface area contributed by atoms with Crippen LogP contribution in [0.5, 0.6) is 0 Å². The van der Waals surface area contributed by atoms with Gasteiger partial charge in [0.1, 0.15) is 6.04 Å². The molecule has 0 aromatic carbocycles. The number of nitrogens with one attached hydrogen (secondary N) is 1. The third-order valence-corrected chi connectivity index (χ3v) is 3.43. The smallest absolute Gasteiger partial charge is 0.323 e. The highest BCUT2D eigenvalue weighted by molar-refractivity contribution is 5.76. The fraction of sp³-hybridized carbons (Fsp3) is 0.909. The molecule has 1 aliphatic heterocycles. The molecule has 2 fully saturated rings. The number of rotatable bonds is 2. The third kappa shape index (κ3) is 1.92. The highest BCUT2D eigenvalue weighted by Crippen LogP contribution is 2.33. The number of hydrogen-bond acceptors (Lipinski definition) is 3. The molecule has 80 valence electrons. The molecule has 3 nitrogen and oxygen atoms in total. The maximum absolute atomic E-state index is 11.5. The SMILES string of the molecule is CCOC(=O)[C@H]1CC2CCCCC2N1. The zero-order valence-electron chi connectivity index (χ0n) is 8.79. The number of carbonyl (C=O) groups is 1. The van der Waals surface area contributed by atoms with E-state index >= 15 is 0 Å². The normalized spacial score (nSPS) is 36.5. The summed E-state index contributed by atoms with van der Waals surface area (Å²) in [5, 5.41) is 3.40. The average Bonchev–Trinajstić information content (AvgIpc) is 2.61. The zero-order chi connectivity index (χ0) is 9.97. The van der Waals surface area contributed by atoms with E-state index in [0.29, 0.717) is 12.6 Å². The van der Waals surface area contributed by atoms with Crippen molar-refractivity contribution in [2.45, 2.75) is 51.1 Å². The van der Waals surface area contributed by atoms with Gasteiger partial charge in [-0.15, -0.1) is 0 Å². The van der Waals surface area contributed by atoms with Gasteiger partial charge < -0.3 is 10.1 Å². The van der Waals surface area contributed by atoms with Gasteiger partial charge in [-0.2, -0.15) is 0 Å². The summed E-state index contributed by atoms with van der Waals surface area (Å²) >= 11 is 0. The van der Waals surface area contributed by atoms with Crippen LogP contribution < -0.4 is 5.32 Å². The molecule has 1 N–H and O–H groups in total. The van der Waals surface area contributed by atoms with E-state index in [0.717, 1.165) is 12.3 Å². The maximum atomic E-state index is 11.5. The Balaban J connectivity index is 1.89. The van der Waals surface area contributed by atoms with Crippen molar-refractivity contribution in [3.05, 3.63) is 0 Å². The van der Waals surface area contributed by atoms with Gasteiger partial charge >= 0.3 is 5.97 Å². The molecule has 0 aromatic heterocycles. The lowest BCUT2D eigenvalue weighted by atomic mass is 9.85. The minimum Gasteiger partial charge on any atom is -0.465 e. The van der Waals surface area contributed by atoms with Gasteiger partial charge in [-0.3, -0.25) is 4.79 Å². The minimum atomic E-state index is -0.0538. The molecule has 2 rings (SSSR count). The van der Waals surface area contributed by atoms with Gasteiger partial charge in [0.05, 0.1) is 6.61 Å². The molecule has 2 aliphatic rings. The van der Waals surface area contributed by atoms with Crippen LogP contribution in [0.1, 0.15) is 39.0 Å². The minimum absolute atomic E-state index is 0.0250. The zero-order valence-corrected chi connectivity index (χ0v) is 8.79. The molecule has 2 unspecified atom stereocenters. The van der Waals surface area contributed by atoms with Gasteiger partial charge in [-0.1, -0.05) is 12.8 Å². The fourth-order valence-corrected chi connectivity index (χ4v) is 2.75.